The van der Waals surface area contributed by atoms with E-state index in [1.165, 1.54) is 15.6 Å². The first-order chi connectivity index (χ1) is 11.4. The Morgan fingerprint density at radius 2 is 1.92 bits per heavy atom. The van der Waals surface area contributed by atoms with Crippen LogP contribution in [0.2, 0.25) is 0 Å². The van der Waals surface area contributed by atoms with Gasteiger partial charge in [0.05, 0.1) is 5.69 Å². The molecule has 1 aromatic carbocycles. The van der Waals surface area contributed by atoms with Crippen molar-refractivity contribution in [3.05, 3.63) is 46.2 Å². The predicted molar refractivity (Wildman–Crippen MR) is 104 cm³/mol. The van der Waals surface area contributed by atoms with Crippen LogP contribution in [0.3, 0.4) is 0 Å². The molecule has 2 heterocycles. The number of hydrogen-bond donors (Lipinski definition) is 0. The molecule has 1 aliphatic heterocycles. The third-order valence-corrected chi connectivity index (χ3v) is 6.51. The van der Waals surface area contributed by atoms with Gasteiger partial charge in [0.15, 0.2) is 0 Å². The van der Waals surface area contributed by atoms with Gasteiger partial charge in [0.1, 0.15) is 17.2 Å². The number of likely N-dealkylation sites (N-methyl/N-ethyl adjacent to an activating group) is 1. The summed E-state index contributed by atoms with van der Waals surface area (Å²) in [5.41, 5.74) is 2.47. The summed E-state index contributed by atoms with van der Waals surface area (Å²) >= 11 is 1.34. The normalized spacial score (nSPS) is 16.8. The number of halogens is 1. The van der Waals surface area contributed by atoms with Crippen molar-refractivity contribution in [3.63, 3.8) is 0 Å². The van der Waals surface area contributed by atoms with E-state index in [0.29, 0.717) is 23.6 Å². The fourth-order valence-corrected chi connectivity index (χ4v) is 5.03. The summed E-state index contributed by atoms with van der Waals surface area (Å²) in [7, 11) is 1.86. The van der Waals surface area contributed by atoms with E-state index >= 15 is 0 Å². The van der Waals surface area contributed by atoms with Crippen LogP contribution < -0.4 is 4.31 Å². The third kappa shape index (κ3) is 3.67. The number of fused-ring (bicyclic) bond motifs is 2. The molecule has 9 heteroatoms. The minimum absolute atomic E-state index is 0. The minimum Gasteiger partial charge on any atom is -0.394 e. The van der Waals surface area contributed by atoms with Crippen molar-refractivity contribution >= 4 is 45.2 Å². The maximum absolute atomic E-state index is 12.8. The Kier molecular flexibility index (Phi) is 6.10. The minimum atomic E-state index is -3.61. The quantitative estimate of drug-likeness (QED) is 0.583. The van der Waals surface area contributed by atoms with Gasteiger partial charge in [-0.3, -0.25) is 4.31 Å². The van der Waals surface area contributed by atoms with E-state index in [9.17, 15) is 8.42 Å². The number of anilines is 1. The molecule has 0 spiro atoms. The Labute approximate surface area is 158 Å². The molecule has 0 saturated carbocycles. The SMILES string of the molecule is CN(C)CCO/N=C1/c2ccccc2N(C)S(=O)(=O)c2cscc21.Cl. The van der Waals surface area contributed by atoms with Crippen LogP contribution in [-0.4, -0.2) is 53.3 Å². The summed E-state index contributed by atoms with van der Waals surface area (Å²) in [6.07, 6.45) is 0. The number of rotatable bonds is 4. The molecule has 25 heavy (non-hydrogen) atoms. The first-order valence-electron chi connectivity index (χ1n) is 7.42. The highest BCUT2D eigenvalue weighted by atomic mass is 35.5. The molecule has 0 amide bonds. The summed E-state index contributed by atoms with van der Waals surface area (Å²) in [6, 6.07) is 7.32. The van der Waals surface area contributed by atoms with E-state index in [1.807, 2.05) is 37.2 Å². The van der Waals surface area contributed by atoms with Gasteiger partial charge in [0.2, 0.25) is 0 Å². The van der Waals surface area contributed by atoms with Crippen LogP contribution in [0.1, 0.15) is 11.1 Å². The predicted octanol–water partition coefficient (Wildman–Crippen LogP) is 2.64. The van der Waals surface area contributed by atoms with Gasteiger partial charge in [0, 0.05) is 35.5 Å². The fourth-order valence-electron chi connectivity index (χ4n) is 2.46. The van der Waals surface area contributed by atoms with Crippen LogP contribution in [0.15, 0.2) is 45.1 Å². The summed E-state index contributed by atoms with van der Waals surface area (Å²) in [5.74, 6) is 0. The van der Waals surface area contributed by atoms with Gasteiger partial charge in [-0.1, -0.05) is 23.4 Å². The Morgan fingerprint density at radius 1 is 1.20 bits per heavy atom. The van der Waals surface area contributed by atoms with Crippen LogP contribution >= 0.6 is 23.7 Å². The van der Waals surface area contributed by atoms with Gasteiger partial charge in [-0.25, -0.2) is 8.42 Å². The lowest BCUT2D eigenvalue weighted by molar-refractivity contribution is 0.126. The summed E-state index contributed by atoms with van der Waals surface area (Å²) in [6.45, 7) is 1.16. The molecule has 0 fully saturated rings. The number of thiophene rings is 1. The molecule has 0 aliphatic carbocycles. The van der Waals surface area contributed by atoms with Crippen LogP contribution in [0.4, 0.5) is 5.69 Å². The molecule has 0 bridgehead atoms. The standard InChI is InChI=1S/C16H19N3O3S2.ClH/c1-18(2)8-9-22-17-16-12-6-4-5-7-14(12)19(3)24(20,21)15-11-23-10-13(15)16;/h4-7,10-11H,8-9H2,1-3H3;1H/b17-16-;. The Balaban J connectivity index is 0.00000225. The third-order valence-electron chi connectivity index (χ3n) is 3.80. The second-order valence-electron chi connectivity index (χ2n) is 5.72. The molecule has 3 rings (SSSR count). The van der Waals surface area contributed by atoms with E-state index in [0.717, 1.165) is 12.1 Å². The van der Waals surface area contributed by atoms with Gasteiger partial charge in [-0.2, -0.15) is 11.3 Å². The van der Waals surface area contributed by atoms with Crippen LogP contribution in [0.25, 0.3) is 0 Å². The summed E-state index contributed by atoms with van der Waals surface area (Å²) in [5, 5.41) is 7.72. The van der Waals surface area contributed by atoms with E-state index in [-0.39, 0.29) is 17.3 Å². The number of oxime groups is 1. The maximum atomic E-state index is 12.8. The molecule has 0 atom stereocenters. The number of hydrogen-bond acceptors (Lipinski definition) is 6. The number of nitrogens with zero attached hydrogens (tertiary/aromatic N) is 3. The zero-order chi connectivity index (χ0) is 17.3. The lowest BCUT2D eigenvalue weighted by Gasteiger charge is -2.18. The first-order valence-corrected chi connectivity index (χ1v) is 9.81. The number of para-hydroxylation sites is 1. The van der Waals surface area contributed by atoms with E-state index in [2.05, 4.69) is 5.16 Å². The highest BCUT2D eigenvalue weighted by Crippen LogP contribution is 2.36. The van der Waals surface area contributed by atoms with Gasteiger partial charge in [-0.15, -0.1) is 12.4 Å². The molecule has 136 valence electrons. The van der Waals surface area contributed by atoms with Gasteiger partial charge in [0.25, 0.3) is 10.0 Å². The van der Waals surface area contributed by atoms with Crippen molar-refractivity contribution in [2.75, 3.05) is 38.6 Å². The van der Waals surface area contributed by atoms with Crippen molar-refractivity contribution in [1.29, 1.82) is 0 Å². The highest BCUT2D eigenvalue weighted by Gasteiger charge is 2.33. The van der Waals surface area contributed by atoms with Crippen LogP contribution in [0, 0.1) is 0 Å². The Bertz CT molecular complexity index is 878. The van der Waals surface area contributed by atoms with Gasteiger partial charge < -0.3 is 9.74 Å². The molecule has 2 aromatic rings. The van der Waals surface area contributed by atoms with Crippen molar-refractivity contribution in [2.24, 2.45) is 5.16 Å². The largest absolute Gasteiger partial charge is 0.394 e. The van der Waals surface area contributed by atoms with Crippen molar-refractivity contribution in [3.8, 4) is 0 Å². The highest BCUT2D eigenvalue weighted by molar-refractivity contribution is 7.93. The van der Waals surface area contributed by atoms with Crippen LogP contribution in [0.5, 0.6) is 0 Å². The molecule has 0 N–H and O–H groups in total. The topological polar surface area (TPSA) is 62.2 Å². The molecule has 1 aliphatic rings. The van der Waals surface area contributed by atoms with Crippen molar-refractivity contribution < 1.29 is 13.3 Å². The average molecular weight is 402 g/mol. The smallest absolute Gasteiger partial charge is 0.265 e. The Morgan fingerprint density at radius 3 is 2.64 bits per heavy atom. The van der Waals surface area contributed by atoms with Crippen molar-refractivity contribution in [1.82, 2.24) is 4.90 Å². The van der Waals surface area contributed by atoms with E-state index in [4.69, 9.17) is 4.84 Å². The zero-order valence-electron chi connectivity index (χ0n) is 14.2. The monoisotopic (exact) mass is 401 g/mol. The first kappa shape index (κ1) is 19.7. The second-order valence-corrected chi connectivity index (χ2v) is 8.40. The molecule has 0 radical (unpaired) electrons. The van der Waals surface area contributed by atoms with Gasteiger partial charge >= 0.3 is 0 Å². The van der Waals surface area contributed by atoms with E-state index < -0.39 is 10.0 Å². The molecular weight excluding hydrogens is 382 g/mol. The molecule has 1 aromatic heterocycles. The van der Waals surface area contributed by atoms with Crippen molar-refractivity contribution in [2.45, 2.75) is 4.90 Å². The zero-order valence-corrected chi connectivity index (χ0v) is 16.6. The van der Waals surface area contributed by atoms with Gasteiger partial charge in [-0.05, 0) is 20.2 Å². The second kappa shape index (κ2) is 7.74. The lowest BCUT2D eigenvalue weighted by atomic mass is 10.0. The lowest BCUT2D eigenvalue weighted by Crippen LogP contribution is -2.26. The van der Waals surface area contributed by atoms with Crippen LogP contribution in [-0.2, 0) is 14.9 Å². The molecule has 0 saturated heterocycles. The molecule has 0 unspecified atom stereocenters. The fraction of sp³-hybridized carbons (Fsp3) is 0.312. The van der Waals surface area contributed by atoms with E-state index in [1.54, 1.807) is 23.9 Å². The number of benzene rings is 1. The number of sulfonamides is 1. The maximum Gasteiger partial charge on any atom is 0.265 e. The summed E-state index contributed by atoms with van der Waals surface area (Å²) in [4.78, 5) is 7.72. The summed E-state index contributed by atoms with van der Waals surface area (Å²) < 4.78 is 27.0. The molecule has 6 nitrogen and oxygen atoms in total. The molecular formula is C16H20ClN3O3S2. The Hall–Kier alpha value is -1.61. The average Bonchev–Trinajstić information content (AvgIpc) is 3.02.